The van der Waals surface area contributed by atoms with Crippen molar-refractivity contribution < 1.29 is 9.13 Å². The van der Waals surface area contributed by atoms with Gasteiger partial charge in [-0.05, 0) is 51.6 Å². The van der Waals surface area contributed by atoms with Crippen molar-refractivity contribution in [3.05, 3.63) is 29.6 Å². The minimum Gasteiger partial charge on any atom is -0.492 e. The maximum Gasteiger partial charge on any atom is 0.124 e. The van der Waals surface area contributed by atoms with E-state index in [0.717, 1.165) is 30.4 Å². The summed E-state index contributed by atoms with van der Waals surface area (Å²) in [7, 11) is 2.13. The van der Waals surface area contributed by atoms with E-state index < -0.39 is 0 Å². The van der Waals surface area contributed by atoms with Crippen molar-refractivity contribution in [1.29, 1.82) is 0 Å². The Morgan fingerprint density at radius 3 is 2.85 bits per heavy atom. The summed E-state index contributed by atoms with van der Waals surface area (Å²) in [6.07, 6.45) is 2.60. The number of benzene rings is 1. The zero-order valence-electron chi connectivity index (χ0n) is 12.7. The van der Waals surface area contributed by atoms with E-state index in [0.29, 0.717) is 6.61 Å². The molecule has 1 aromatic rings. The van der Waals surface area contributed by atoms with E-state index in [1.54, 1.807) is 12.1 Å². The molecule has 1 aliphatic carbocycles. The number of hydrogen-bond donors (Lipinski definition) is 1. The van der Waals surface area contributed by atoms with Gasteiger partial charge in [-0.1, -0.05) is 6.92 Å². The summed E-state index contributed by atoms with van der Waals surface area (Å²) in [5, 5.41) is 3.30. The molecule has 0 bridgehead atoms. The third-order valence-corrected chi connectivity index (χ3v) is 3.82. The fourth-order valence-corrected chi connectivity index (χ4v) is 2.40. The molecule has 1 aromatic carbocycles. The second kappa shape index (κ2) is 7.04. The third kappa shape index (κ3) is 4.18. The molecule has 2 rings (SSSR count). The highest BCUT2D eigenvalue weighted by atomic mass is 19.1. The van der Waals surface area contributed by atoms with Gasteiger partial charge in [0.2, 0.25) is 0 Å². The van der Waals surface area contributed by atoms with Crippen molar-refractivity contribution in [2.24, 2.45) is 0 Å². The van der Waals surface area contributed by atoms with E-state index in [-0.39, 0.29) is 11.9 Å². The van der Waals surface area contributed by atoms with Gasteiger partial charge < -0.3 is 15.0 Å². The van der Waals surface area contributed by atoms with Crippen molar-refractivity contribution in [3.63, 3.8) is 0 Å². The first kappa shape index (κ1) is 15.3. The largest absolute Gasteiger partial charge is 0.492 e. The van der Waals surface area contributed by atoms with Crippen LogP contribution in [-0.2, 0) is 0 Å². The summed E-state index contributed by atoms with van der Waals surface area (Å²) in [6.45, 7) is 6.48. The maximum atomic E-state index is 13.4. The molecule has 1 aliphatic rings. The van der Waals surface area contributed by atoms with Gasteiger partial charge in [0, 0.05) is 24.2 Å². The van der Waals surface area contributed by atoms with Crippen molar-refractivity contribution in [1.82, 2.24) is 10.2 Å². The van der Waals surface area contributed by atoms with E-state index in [1.807, 2.05) is 13.8 Å². The summed E-state index contributed by atoms with van der Waals surface area (Å²) in [5.74, 6) is 0.566. The number of nitrogens with zero attached hydrogens (tertiary/aromatic N) is 1. The molecule has 1 saturated carbocycles. The lowest BCUT2D eigenvalue weighted by atomic mass is 10.1. The quantitative estimate of drug-likeness (QED) is 0.792. The van der Waals surface area contributed by atoms with Crippen molar-refractivity contribution in [2.75, 3.05) is 26.7 Å². The average Bonchev–Trinajstić information content (AvgIpc) is 3.25. The molecular formula is C16H25FN2O. The molecule has 1 N–H and O–H groups in total. The Morgan fingerprint density at radius 2 is 2.20 bits per heavy atom. The first-order valence-corrected chi connectivity index (χ1v) is 7.47. The highest BCUT2D eigenvalue weighted by Crippen LogP contribution is 2.27. The lowest BCUT2D eigenvalue weighted by Crippen LogP contribution is -2.26. The van der Waals surface area contributed by atoms with Crippen LogP contribution in [0, 0.1) is 5.82 Å². The molecule has 112 valence electrons. The molecule has 4 heteroatoms. The van der Waals surface area contributed by atoms with E-state index in [9.17, 15) is 4.39 Å². The minimum atomic E-state index is -0.216. The number of nitrogens with one attached hydrogen (secondary N) is 1. The van der Waals surface area contributed by atoms with E-state index in [4.69, 9.17) is 4.74 Å². The fourth-order valence-electron chi connectivity index (χ4n) is 2.40. The highest BCUT2D eigenvalue weighted by Gasteiger charge is 2.25. The summed E-state index contributed by atoms with van der Waals surface area (Å²) in [6, 6.07) is 5.59. The molecule has 0 amide bonds. The molecule has 0 aliphatic heterocycles. The molecule has 1 unspecified atom stereocenters. The van der Waals surface area contributed by atoms with Crippen LogP contribution in [0.3, 0.4) is 0 Å². The van der Waals surface area contributed by atoms with Crippen LogP contribution in [0.15, 0.2) is 18.2 Å². The first-order valence-electron chi connectivity index (χ1n) is 7.47. The van der Waals surface area contributed by atoms with Gasteiger partial charge in [-0.25, -0.2) is 4.39 Å². The zero-order chi connectivity index (χ0) is 14.5. The van der Waals surface area contributed by atoms with Crippen molar-refractivity contribution >= 4 is 0 Å². The Hall–Kier alpha value is -1.13. The van der Waals surface area contributed by atoms with Crippen LogP contribution in [0.25, 0.3) is 0 Å². The van der Waals surface area contributed by atoms with E-state index in [2.05, 4.69) is 17.3 Å². The van der Waals surface area contributed by atoms with Gasteiger partial charge in [0.05, 0.1) is 0 Å². The molecule has 1 fully saturated rings. The van der Waals surface area contributed by atoms with Gasteiger partial charge >= 0.3 is 0 Å². The Balaban J connectivity index is 1.94. The number of likely N-dealkylation sites (N-methyl/N-ethyl adjacent to an activating group) is 1. The second-order valence-corrected chi connectivity index (χ2v) is 5.52. The first-order chi connectivity index (χ1) is 9.61. The van der Waals surface area contributed by atoms with Crippen LogP contribution in [0.5, 0.6) is 5.75 Å². The van der Waals surface area contributed by atoms with Gasteiger partial charge in [-0.15, -0.1) is 0 Å². The lowest BCUT2D eigenvalue weighted by Gasteiger charge is -2.20. The number of ether oxygens (including phenoxy) is 1. The van der Waals surface area contributed by atoms with E-state index in [1.165, 1.54) is 18.9 Å². The van der Waals surface area contributed by atoms with Gasteiger partial charge in [-0.3, -0.25) is 0 Å². The summed E-state index contributed by atoms with van der Waals surface area (Å²) in [4.78, 5) is 2.33. The standard InChI is InChI=1S/C16H25FN2O/c1-4-18-12(2)15-11-13(17)5-8-16(15)20-10-9-19(3)14-6-7-14/h5,8,11-12,14,18H,4,6-7,9-10H2,1-3H3. The minimum absolute atomic E-state index is 0.0897. The van der Waals surface area contributed by atoms with Gasteiger partial charge in [0.25, 0.3) is 0 Å². The predicted octanol–water partition coefficient (Wildman–Crippen LogP) is 2.97. The molecule has 1 atom stereocenters. The Labute approximate surface area is 121 Å². The Kier molecular flexibility index (Phi) is 5.38. The molecular weight excluding hydrogens is 255 g/mol. The van der Waals surface area contributed by atoms with Crippen LogP contribution in [0.4, 0.5) is 4.39 Å². The third-order valence-electron chi connectivity index (χ3n) is 3.82. The van der Waals surface area contributed by atoms with Crippen LogP contribution < -0.4 is 10.1 Å². The Morgan fingerprint density at radius 1 is 1.45 bits per heavy atom. The fraction of sp³-hybridized carbons (Fsp3) is 0.625. The molecule has 3 nitrogen and oxygen atoms in total. The smallest absolute Gasteiger partial charge is 0.124 e. The monoisotopic (exact) mass is 280 g/mol. The molecule has 0 heterocycles. The molecule has 0 spiro atoms. The Bertz CT molecular complexity index is 434. The van der Waals surface area contributed by atoms with Crippen LogP contribution in [0.2, 0.25) is 0 Å². The summed E-state index contributed by atoms with van der Waals surface area (Å²) in [5.41, 5.74) is 0.890. The second-order valence-electron chi connectivity index (χ2n) is 5.52. The van der Waals surface area contributed by atoms with Crippen molar-refractivity contribution in [3.8, 4) is 5.75 Å². The van der Waals surface area contributed by atoms with Gasteiger partial charge in [0.15, 0.2) is 0 Å². The number of rotatable bonds is 8. The number of hydrogen-bond acceptors (Lipinski definition) is 3. The number of halogens is 1. The summed E-state index contributed by atoms with van der Waals surface area (Å²) >= 11 is 0. The normalized spacial score (nSPS) is 16.4. The SMILES string of the molecule is CCNC(C)c1cc(F)ccc1OCCN(C)C1CC1. The highest BCUT2D eigenvalue weighted by molar-refractivity contribution is 5.36. The van der Waals surface area contributed by atoms with Crippen molar-refractivity contribution in [2.45, 2.75) is 38.8 Å². The van der Waals surface area contributed by atoms with Gasteiger partial charge in [0.1, 0.15) is 18.2 Å². The molecule has 20 heavy (non-hydrogen) atoms. The molecule has 0 aromatic heterocycles. The maximum absolute atomic E-state index is 13.4. The topological polar surface area (TPSA) is 24.5 Å². The average molecular weight is 280 g/mol. The lowest BCUT2D eigenvalue weighted by molar-refractivity contribution is 0.229. The van der Waals surface area contributed by atoms with Crippen LogP contribution >= 0.6 is 0 Å². The van der Waals surface area contributed by atoms with E-state index >= 15 is 0 Å². The molecule has 0 radical (unpaired) electrons. The summed E-state index contributed by atoms with van der Waals surface area (Å²) < 4.78 is 19.3. The van der Waals surface area contributed by atoms with Gasteiger partial charge in [-0.2, -0.15) is 0 Å². The zero-order valence-corrected chi connectivity index (χ0v) is 12.7. The molecule has 0 saturated heterocycles. The van der Waals surface area contributed by atoms with Crippen LogP contribution in [0.1, 0.15) is 38.3 Å². The van der Waals surface area contributed by atoms with Crippen LogP contribution in [-0.4, -0.2) is 37.7 Å². The predicted molar refractivity (Wildman–Crippen MR) is 79.6 cm³/mol.